The van der Waals surface area contributed by atoms with E-state index in [1.165, 1.54) is 13.2 Å². The number of hydrogen-bond donors (Lipinski definition) is 0. The largest absolute Gasteiger partial charge is 0.496 e. The van der Waals surface area contributed by atoms with Gasteiger partial charge in [0.05, 0.1) is 12.1 Å². The smallest absolute Gasteiger partial charge is 0.144 e. The fourth-order valence-electron chi connectivity index (χ4n) is 1.02. The van der Waals surface area contributed by atoms with Crippen LogP contribution in [0.25, 0.3) is 5.03 Å². The summed E-state index contributed by atoms with van der Waals surface area (Å²) in [5, 5.41) is 0.845. The van der Waals surface area contributed by atoms with E-state index < -0.39 is 0 Å². The molecule has 0 unspecified atom stereocenters. The fraction of sp³-hybridized carbons (Fsp3) is 0.100. The molecule has 0 aliphatic carbocycles. The third-order valence-electron chi connectivity index (χ3n) is 1.63. The van der Waals surface area contributed by atoms with Gasteiger partial charge in [-0.1, -0.05) is 23.2 Å². The summed E-state index contributed by atoms with van der Waals surface area (Å²) >= 11 is 11.6. The van der Waals surface area contributed by atoms with Crippen molar-refractivity contribution >= 4 is 34.5 Å². The minimum atomic E-state index is 0.305. The van der Waals surface area contributed by atoms with Crippen LogP contribution in [0.15, 0.2) is 24.3 Å². The molecular weight excluding hydrogens is 223 g/mol. The number of carbonyl (C=O) groups excluding carboxylic acids is 1. The first-order valence-electron chi connectivity index (χ1n) is 3.84. The fourth-order valence-corrected chi connectivity index (χ4v) is 1.39. The van der Waals surface area contributed by atoms with Gasteiger partial charge in [0.15, 0.2) is 0 Å². The van der Waals surface area contributed by atoms with Crippen molar-refractivity contribution in [2.75, 3.05) is 7.11 Å². The lowest BCUT2D eigenvalue weighted by atomic mass is 10.2. The SMILES string of the molecule is COc1ccc(Cl)cc1/C(Cl)=C/C=O. The Kier molecular flexibility index (Phi) is 3.98. The first kappa shape index (κ1) is 11.1. The van der Waals surface area contributed by atoms with Crippen molar-refractivity contribution in [2.45, 2.75) is 0 Å². The molecule has 0 atom stereocenters. The Morgan fingerprint density at radius 2 is 2.21 bits per heavy atom. The summed E-state index contributed by atoms with van der Waals surface area (Å²) in [7, 11) is 1.53. The molecule has 1 aromatic carbocycles. The Bertz CT molecular complexity index is 372. The number of hydrogen-bond acceptors (Lipinski definition) is 2. The van der Waals surface area contributed by atoms with Gasteiger partial charge in [0.25, 0.3) is 0 Å². The molecule has 0 aromatic heterocycles. The minimum Gasteiger partial charge on any atom is -0.496 e. The van der Waals surface area contributed by atoms with Crippen molar-refractivity contribution in [2.24, 2.45) is 0 Å². The monoisotopic (exact) mass is 230 g/mol. The topological polar surface area (TPSA) is 26.3 Å². The summed E-state index contributed by atoms with van der Waals surface area (Å²) in [6.45, 7) is 0. The number of halogens is 2. The van der Waals surface area contributed by atoms with Crippen LogP contribution in [-0.2, 0) is 4.79 Å². The second-order valence-electron chi connectivity index (χ2n) is 2.50. The van der Waals surface area contributed by atoms with Crippen LogP contribution in [0, 0.1) is 0 Å². The average molecular weight is 231 g/mol. The number of carbonyl (C=O) groups is 1. The normalized spacial score (nSPS) is 11.2. The minimum absolute atomic E-state index is 0.305. The standard InChI is InChI=1S/C10H8Cl2O2/c1-14-10-3-2-7(11)6-8(10)9(12)4-5-13/h2-6H,1H3/b9-4-. The number of aldehydes is 1. The Balaban J connectivity index is 3.23. The quantitative estimate of drug-likeness (QED) is 0.590. The van der Waals surface area contributed by atoms with Gasteiger partial charge < -0.3 is 4.74 Å². The molecule has 0 spiro atoms. The van der Waals surface area contributed by atoms with Crippen molar-refractivity contribution in [3.8, 4) is 5.75 Å². The molecule has 0 aliphatic rings. The molecule has 14 heavy (non-hydrogen) atoms. The van der Waals surface area contributed by atoms with E-state index in [-0.39, 0.29) is 0 Å². The third kappa shape index (κ3) is 2.50. The second kappa shape index (κ2) is 5.03. The molecule has 4 heteroatoms. The first-order valence-corrected chi connectivity index (χ1v) is 4.59. The van der Waals surface area contributed by atoms with Crippen LogP contribution >= 0.6 is 23.2 Å². The molecule has 0 saturated carbocycles. The number of benzene rings is 1. The lowest BCUT2D eigenvalue weighted by molar-refractivity contribution is -0.104. The highest BCUT2D eigenvalue weighted by Crippen LogP contribution is 2.30. The molecule has 74 valence electrons. The van der Waals surface area contributed by atoms with Gasteiger partial charge >= 0.3 is 0 Å². The van der Waals surface area contributed by atoms with E-state index in [1.807, 2.05) is 0 Å². The number of methoxy groups -OCH3 is 1. The summed E-state index contributed by atoms with van der Waals surface area (Å²) in [6.07, 6.45) is 1.86. The molecule has 0 aliphatic heterocycles. The lowest BCUT2D eigenvalue weighted by Crippen LogP contribution is -1.88. The van der Waals surface area contributed by atoms with Gasteiger partial charge in [-0.3, -0.25) is 4.79 Å². The maximum atomic E-state index is 10.2. The van der Waals surface area contributed by atoms with E-state index in [0.717, 1.165) is 0 Å². The van der Waals surface area contributed by atoms with E-state index in [0.29, 0.717) is 27.7 Å². The number of ether oxygens (including phenoxy) is 1. The summed E-state index contributed by atoms with van der Waals surface area (Å²) in [6, 6.07) is 5.02. The van der Waals surface area contributed by atoms with Crippen LogP contribution in [-0.4, -0.2) is 13.4 Å². The van der Waals surface area contributed by atoms with E-state index in [2.05, 4.69) is 0 Å². The molecule has 0 amide bonds. The molecule has 0 N–H and O–H groups in total. The van der Waals surface area contributed by atoms with Crippen molar-refractivity contribution in [3.05, 3.63) is 34.9 Å². The Labute approximate surface area is 92.1 Å². The van der Waals surface area contributed by atoms with Crippen molar-refractivity contribution in [1.29, 1.82) is 0 Å². The van der Waals surface area contributed by atoms with Crippen molar-refractivity contribution in [3.63, 3.8) is 0 Å². The molecule has 2 nitrogen and oxygen atoms in total. The van der Waals surface area contributed by atoms with Gasteiger partial charge in [0.1, 0.15) is 12.0 Å². The first-order chi connectivity index (χ1) is 6.69. The summed E-state index contributed by atoms with van der Waals surface area (Å²) in [5.41, 5.74) is 0.605. The van der Waals surface area contributed by atoms with Crippen LogP contribution in [0.1, 0.15) is 5.56 Å². The molecular formula is C10H8Cl2O2. The zero-order chi connectivity index (χ0) is 10.6. The van der Waals surface area contributed by atoms with Crippen LogP contribution in [0.5, 0.6) is 5.75 Å². The molecule has 0 radical (unpaired) electrons. The Morgan fingerprint density at radius 1 is 1.50 bits per heavy atom. The van der Waals surface area contributed by atoms with Gasteiger partial charge in [0, 0.05) is 10.6 Å². The summed E-state index contributed by atoms with van der Waals surface area (Å²) in [4.78, 5) is 10.2. The van der Waals surface area contributed by atoms with Gasteiger partial charge in [-0.15, -0.1) is 0 Å². The third-order valence-corrected chi connectivity index (χ3v) is 2.20. The van der Waals surface area contributed by atoms with Crippen LogP contribution < -0.4 is 4.74 Å². The number of rotatable bonds is 3. The maximum absolute atomic E-state index is 10.2. The second-order valence-corrected chi connectivity index (χ2v) is 3.34. The Hall–Kier alpha value is -0.990. The van der Waals surface area contributed by atoms with E-state index in [1.54, 1.807) is 18.2 Å². The van der Waals surface area contributed by atoms with E-state index in [9.17, 15) is 4.79 Å². The zero-order valence-corrected chi connectivity index (χ0v) is 8.97. The molecule has 0 saturated heterocycles. The van der Waals surface area contributed by atoms with E-state index >= 15 is 0 Å². The highest BCUT2D eigenvalue weighted by molar-refractivity contribution is 6.50. The molecule has 1 aromatic rings. The Morgan fingerprint density at radius 3 is 2.79 bits per heavy atom. The van der Waals surface area contributed by atoms with Crippen LogP contribution in [0.4, 0.5) is 0 Å². The summed E-state index contributed by atoms with van der Waals surface area (Å²) < 4.78 is 5.07. The molecule has 0 heterocycles. The number of allylic oxidation sites excluding steroid dienone is 1. The lowest BCUT2D eigenvalue weighted by Gasteiger charge is -2.06. The highest BCUT2D eigenvalue weighted by Gasteiger charge is 2.06. The van der Waals surface area contributed by atoms with Gasteiger partial charge in [0.2, 0.25) is 0 Å². The summed E-state index contributed by atoms with van der Waals surface area (Å²) in [5.74, 6) is 0.581. The zero-order valence-electron chi connectivity index (χ0n) is 7.46. The van der Waals surface area contributed by atoms with Gasteiger partial charge in [-0.2, -0.15) is 0 Å². The van der Waals surface area contributed by atoms with Gasteiger partial charge in [-0.25, -0.2) is 0 Å². The molecule has 0 bridgehead atoms. The van der Waals surface area contributed by atoms with Crippen molar-refractivity contribution in [1.82, 2.24) is 0 Å². The highest BCUT2D eigenvalue weighted by atomic mass is 35.5. The van der Waals surface area contributed by atoms with Crippen molar-refractivity contribution < 1.29 is 9.53 Å². The van der Waals surface area contributed by atoms with E-state index in [4.69, 9.17) is 27.9 Å². The maximum Gasteiger partial charge on any atom is 0.144 e. The van der Waals surface area contributed by atoms with Gasteiger partial charge in [-0.05, 0) is 24.3 Å². The predicted molar refractivity (Wildman–Crippen MR) is 57.9 cm³/mol. The predicted octanol–water partition coefficient (Wildman–Crippen LogP) is 3.13. The molecule has 0 fully saturated rings. The average Bonchev–Trinajstić information content (AvgIpc) is 2.18. The molecule has 1 rings (SSSR count). The van der Waals surface area contributed by atoms with Crippen LogP contribution in [0.2, 0.25) is 5.02 Å². The van der Waals surface area contributed by atoms with Crippen LogP contribution in [0.3, 0.4) is 0 Å².